The Morgan fingerprint density at radius 1 is 1.14 bits per heavy atom. The van der Waals surface area contributed by atoms with Crippen LogP contribution in [0.5, 0.6) is 0 Å². The largest absolute Gasteiger partial charge is 0.326 e. The number of thioether (sulfide) groups is 1. The van der Waals surface area contributed by atoms with E-state index < -0.39 is 0 Å². The summed E-state index contributed by atoms with van der Waals surface area (Å²) in [6, 6.07) is 14.0. The lowest BCUT2D eigenvalue weighted by Crippen LogP contribution is -2.28. The summed E-state index contributed by atoms with van der Waals surface area (Å²) >= 11 is 1.64. The van der Waals surface area contributed by atoms with Crippen LogP contribution >= 0.6 is 11.8 Å². The summed E-state index contributed by atoms with van der Waals surface area (Å²) in [5.41, 5.74) is 5.17. The summed E-state index contributed by atoms with van der Waals surface area (Å²) in [5, 5.41) is 2.92. The van der Waals surface area contributed by atoms with Gasteiger partial charge < -0.3 is 5.32 Å². The first-order valence-corrected chi connectivity index (χ1v) is 11.0. The number of carbonyl (C=O) groups excluding carboxylic acids is 2. The van der Waals surface area contributed by atoms with E-state index in [9.17, 15) is 9.59 Å². The molecule has 1 heterocycles. The number of rotatable bonds is 7. The number of nitrogens with one attached hydrogen (secondary N) is 1. The van der Waals surface area contributed by atoms with E-state index in [0.29, 0.717) is 12.2 Å². The number of hydrogen-bond acceptors (Lipinski definition) is 3. The molecule has 1 N–H and O–H groups in total. The molecule has 2 aromatic rings. The van der Waals surface area contributed by atoms with Crippen LogP contribution in [0.4, 0.5) is 11.4 Å². The number of carbonyl (C=O) groups is 2. The lowest BCUT2D eigenvalue weighted by atomic mass is 10.1. The molecule has 148 valence electrons. The second kappa shape index (κ2) is 9.28. The Labute approximate surface area is 171 Å². The van der Waals surface area contributed by atoms with Gasteiger partial charge in [0.25, 0.3) is 0 Å². The molecule has 1 fully saturated rings. The fraction of sp³-hybridized carbons (Fsp3) is 0.391. The molecule has 0 bridgehead atoms. The van der Waals surface area contributed by atoms with E-state index in [-0.39, 0.29) is 17.2 Å². The molecule has 0 unspecified atom stereocenters. The lowest BCUT2D eigenvalue weighted by Gasteiger charge is -2.26. The Balaban J connectivity index is 1.74. The smallest absolute Gasteiger partial charge is 0.238 e. The van der Waals surface area contributed by atoms with Crippen LogP contribution in [-0.4, -0.2) is 17.6 Å². The number of benzene rings is 2. The molecule has 0 aliphatic carbocycles. The van der Waals surface area contributed by atoms with Crippen LogP contribution in [0.15, 0.2) is 42.5 Å². The number of unbranched alkanes of at least 4 members (excludes halogenated alkanes) is 2. The zero-order valence-electron chi connectivity index (χ0n) is 16.8. The Morgan fingerprint density at radius 3 is 2.61 bits per heavy atom. The van der Waals surface area contributed by atoms with Gasteiger partial charge in [0.2, 0.25) is 11.8 Å². The molecule has 0 radical (unpaired) electrons. The molecule has 1 aliphatic heterocycles. The molecule has 5 heteroatoms. The minimum Gasteiger partial charge on any atom is -0.326 e. The van der Waals surface area contributed by atoms with Gasteiger partial charge in [-0.3, -0.25) is 14.5 Å². The summed E-state index contributed by atoms with van der Waals surface area (Å²) < 4.78 is 0. The molecule has 0 saturated carbocycles. The highest BCUT2D eigenvalue weighted by molar-refractivity contribution is 8.00. The van der Waals surface area contributed by atoms with Crippen molar-refractivity contribution in [1.29, 1.82) is 0 Å². The number of anilines is 2. The van der Waals surface area contributed by atoms with Crippen LogP contribution in [0.3, 0.4) is 0 Å². The van der Waals surface area contributed by atoms with Crippen LogP contribution in [0, 0.1) is 13.8 Å². The monoisotopic (exact) mass is 396 g/mol. The molecule has 1 aliphatic rings. The second-order valence-electron chi connectivity index (χ2n) is 7.27. The fourth-order valence-electron chi connectivity index (χ4n) is 3.42. The van der Waals surface area contributed by atoms with Gasteiger partial charge in [0.1, 0.15) is 5.37 Å². The fourth-order valence-corrected chi connectivity index (χ4v) is 4.59. The van der Waals surface area contributed by atoms with E-state index in [1.807, 2.05) is 41.3 Å². The first kappa shape index (κ1) is 20.5. The van der Waals surface area contributed by atoms with Crippen molar-refractivity contribution in [3.8, 4) is 0 Å². The average molecular weight is 397 g/mol. The van der Waals surface area contributed by atoms with Crippen LogP contribution in [-0.2, 0) is 9.59 Å². The van der Waals surface area contributed by atoms with Gasteiger partial charge in [0.15, 0.2) is 0 Å². The minimum absolute atomic E-state index is 0.0395. The molecule has 1 saturated heterocycles. The third-order valence-electron chi connectivity index (χ3n) is 5.19. The van der Waals surface area contributed by atoms with Crippen LogP contribution in [0.1, 0.15) is 54.7 Å². The lowest BCUT2D eigenvalue weighted by molar-refractivity contribution is -0.116. The summed E-state index contributed by atoms with van der Waals surface area (Å²) in [7, 11) is 0. The normalized spacial score (nSPS) is 16.5. The Kier molecular flexibility index (Phi) is 6.79. The summed E-state index contributed by atoms with van der Waals surface area (Å²) in [6.45, 7) is 6.26. The maximum atomic E-state index is 12.6. The summed E-state index contributed by atoms with van der Waals surface area (Å²) in [4.78, 5) is 26.5. The zero-order valence-corrected chi connectivity index (χ0v) is 17.6. The van der Waals surface area contributed by atoms with Gasteiger partial charge in [-0.15, -0.1) is 11.8 Å². The molecular formula is C23H28N2O2S. The Bertz CT molecular complexity index is 848. The van der Waals surface area contributed by atoms with Crippen molar-refractivity contribution >= 4 is 35.0 Å². The van der Waals surface area contributed by atoms with Gasteiger partial charge >= 0.3 is 0 Å². The van der Waals surface area contributed by atoms with Gasteiger partial charge in [-0.05, 0) is 55.2 Å². The molecule has 4 nitrogen and oxygen atoms in total. The highest BCUT2D eigenvalue weighted by atomic mass is 32.2. The Morgan fingerprint density at radius 2 is 1.89 bits per heavy atom. The highest BCUT2D eigenvalue weighted by Gasteiger charge is 2.34. The molecule has 1 atom stereocenters. The van der Waals surface area contributed by atoms with Crippen molar-refractivity contribution in [3.05, 3.63) is 59.2 Å². The maximum Gasteiger partial charge on any atom is 0.238 e. The summed E-state index contributed by atoms with van der Waals surface area (Å²) in [5.74, 6) is 0.675. The quantitative estimate of drug-likeness (QED) is 0.620. The van der Waals surface area contributed by atoms with Crippen LogP contribution in [0.25, 0.3) is 0 Å². The number of amides is 2. The molecule has 28 heavy (non-hydrogen) atoms. The first-order chi connectivity index (χ1) is 13.5. The molecule has 2 amide bonds. The molecule has 0 aromatic heterocycles. The molecule has 2 aromatic carbocycles. The first-order valence-electron chi connectivity index (χ1n) is 9.91. The van der Waals surface area contributed by atoms with Crippen molar-refractivity contribution in [2.75, 3.05) is 16.0 Å². The highest BCUT2D eigenvalue weighted by Crippen LogP contribution is 2.43. The van der Waals surface area contributed by atoms with Crippen LogP contribution < -0.4 is 10.2 Å². The van der Waals surface area contributed by atoms with E-state index in [4.69, 9.17) is 0 Å². The van der Waals surface area contributed by atoms with Crippen LogP contribution in [0.2, 0.25) is 0 Å². The third-order valence-corrected chi connectivity index (χ3v) is 6.40. The summed E-state index contributed by atoms with van der Waals surface area (Å²) in [6.07, 6.45) is 3.67. The zero-order chi connectivity index (χ0) is 20.1. The molecule has 0 spiro atoms. The van der Waals surface area contributed by atoms with E-state index in [2.05, 4.69) is 32.2 Å². The predicted octanol–water partition coefficient (Wildman–Crippen LogP) is 5.60. The van der Waals surface area contributed by atoms with Crippen molar-refractivity contribution in [3.63, 3.8) is 0 Å². The number of nitrogens with zero attached hydrogens (tertiary/aromatic N) is 1. The molecule has 3 rings (SSSR count). The van der Waals surface area contributed by atoms with Gasteiger partial charge in [-0.2, -0.15) is 0 Å². The third kappa shape index (κ3) is 4.58. The predicted molar refractivity (Wildman–Crippen MR) is 118 cm³/mol. The number of hydrogen-bond donors (Lipinski definition) is 1. The average Bonchev–Trinajstić information content (AvgIpc) is 3.06. The van der Waals surface area contributed by atoms with Crippen molar-refractivity contribution in [1.82, 2.24) is 0 Å². The van der Waals surface area contributed by atoms with Crippen molar-refractivity contribution in [2.24, 2.45) is 0 Å². The van der Waals surface area contributed by atoms with E-state index in [1.54, 1.807) is 11.8 Å². The van der Waals surface area contributed by atoms with Gasteiger partial charge in [-0.1, -0.05) is 44.0 Å². The Hall–Kier alpha value is -2.27. The standard InChI is InChI=1S/C23H28N2O2S/c1-4-5-6-10-21(26)24-19-13-11-18(12-14-19)23-25(22(27)15-28-23)20-9-7-8-16(2)17(20)3/h7-9,11-14,23H,4-6,10,15H2,1-3H3,(H,24,26)/t23-/m0/s1. The van der Waals surface area contributed by atoms with E-state index in [1.165, 1.54) is 5.56 Å². The van der Waals surface area contributed by atoms with E-state index in [0.717, 1.165) is 41.8 Å². The topological polar surface area (TPSA) is 49.4 Å². The minimum atomic E-state index is -0.0395. The number of aryl methyl sites for hydroxylation is 1. The second-order valence-corrected chi connectivity index (χ2v) is 8.34. The SMILES string of the molecule is CCCCCC(=O)Nc1ccc([C@@H]2SCC(=O)N2c2cccc(C)c2C)cc1. The van der Waals surface area contributed by atoms with Gasteiger partial charge in [-0.25, -0.2) is 0 Å². The van der Waals surface area contributed by atoms with Crippen molar-refractivity contribution in [2.45, 2.75) is 51.8 Å². The maximum absolute atomic E-state index is 12.6. The van der Waals surface area contributed by atoms with Gasteiger partial charge in [0.05, 0.1) is 5.75 Å². The molecular weight excluding hydrogens is 368 g/mol. The van der Waals surface area contributed by atoms with Crippen molar-refractivity contribution < 1.29 is 9.59 Å². The van der Waals surface area contributed by atoms with E-state index >= 15 is 0 Å². The van der Waals surface area contributed by atoms with Gasteiger partial charge in [0, 0.05) is 17.8 Å².